The molecule has 0 fully saturated rings. The van der Waals surface area contributed by atoms with Crippen LogP contribution < -0.4 is 0 Å². The second kappa shape index (κ2) is 8.18. The minimum Gasteiger partial charge on any atom is -0.475 e. The SMILES string of the molecule is O=C(O)C(=O)CC(=O)c1cc(Cc2ccccc2)cc(Cn2ccnn2)c1. The number of benzene rings is 2. The van der Waals surface area contributed by atoms with Gasteiger partial charge in [-0.25, -0.2) is 9.48 Å². The molecule has 0 aliphatic carbocycles. The highest BCUT2D eigenvalue weighted by Gasteiger charge is 2.19. The first-order valence-electron chi connectivity index (χ1n) is 8.31. The Hall–Kier alpha value is -3.61. The minimum absolute atomic E-state index is 0.313. The van der Waals surface area contributed by atoms with Crippen LogP contribution in [0, 0.1) is 0 Å². The molecule has 0 saturated heterocycles. The first kappa shape index (κ1) is 18.2. The monoisotopic (exact) mass is 363 g/mol. The van der Waals surface area contributed by atoms with Crippen molar-refractivity contribution in [2.45, 2.75) is 19.4 Å². The Labute approximate surface area is 155 Å². The van der Waals surface area contributed by atoms with Gasteiger partial charge >= 0.3 is 5.97 Å². The summed E-state index contributed by atoms with van der Waals surface area (Å²) in [5.74, 6) is -3.24. The molecule has 1 N–H and O–H groups in total. The van der Waals surface area contributed by atoms with Crippen molar-refractivity contribution >= 4 is 17.5 Å². The van der Waals surface area contributed by atoms with Crippen LogP contribution >= 0.6 is 0 Å². The number of carbonyl (C=O) groups is 3. The zero-order valence-corrected chi connectivity index (χ0v) is 14.4. The normalized spacial score (nSPS) is 10.5. The number of carboxylic acid groups (broad SMARTS) is 1. The van der Waals surface area contributed by atoms with Gasteiger partial charge in [0.1, 0.15) is 0 Å². The smallest absolute Gasteiger partial charge is 0.372 e. The third-order valence-corrected chi connectivity index (χ3v) is 4.00. The van der Waals surface area contributed by atoms with Crippen LogP contribution in [0.5, 0.6) is 0 Å². The van der Waals surface area contributed by atoms with Crippen molar-refractivity contribution < 1.29 is 19.5 Å². The number of aliphatic carboxylic acids is 1. The molecule has 27 heavy (non-hydrogen) atoms. The molecular weight excluding hydrogens is 346 g/mol. The van der Waals surface area contributed by atoms with E-state index >= 15 is 0 Å². The van der Waals surface area contributed by atoms with Gasteiger partial charge in [-0.1, -0.05) is 41.6 Å². The highest BCUT2D eigenvalue weighted by Crippen LogP contribution is 2.17. The largest absolute Gasteiger partial charge is 0.475 e. The van der Waals surface area contributed by atoms with Gasteiger partial charge in [-0.2, -0.15) is 0 Å². The maximum Gasteiger partial charge on any atom is 0.372 e. The molecule has 136 valence electrons. The maximum absolute atomic E-state index is 12.4. The Morgan fingerprint density at radius 2 is 1.70 bits per heavy atom. The van der Waals surface area contributed by atoms with E-state index in [0.29, 0.717) is 18.5 Å². The van der Waals surface area contributed by atoms with Crippen LogP contribution in [0.1, 0.15) is 33.5 Å². The second-order valence-corrected chi connectivity index (χ2v) is 6.13. The van der Waals surface area contributed by atoms with E-state index in [-0.39, 0.29) is 0 Å². The molecule has 0 aliphatic heterocycles. The fourth-order valence-corrected chi connectivity index (χ4v) is 2.78. The number of rotatable bonds is 8. The van der Waals surface area contributed by atoms with E-state index in [9.17, 15) is 14.4 Å². The van der Waals surface area contributed by atoms with Gasteiger partial charge in [0.25, 0.3) is 0 Å². The van der Waals surface area contributed by atoms with Gasteiger partial charge in [0, 0.05) is 11.8 Å². The van der Waals surface area contributed by atoms with Gasteiger partial charge in [0.05, 0.1) is 19.2 Å². The van der Waals surface area contributed by atoms with E-state index in [4.69, 9.17) is 5.11 Å². The molecule has 0 unspecified atom stereocenters. The summed E-state index contributed by atoms with van der Waals surface area (Å²) in [5.41, 5.74) is 3.11. The summed E-state index contributed by atoms with van der Waals surface area (Å²) in [6, 6.07) is 15.1. The third kappa shape index (κ3) is 4.94. The van der Waals surface area contributed by atoms with Gasteiger partial charge in [-0.15, -0.1) is 5.10 Å². The van der Waals surface area contributed by atoms with Crippen molar-refractivity contribution in [3.8, 4) is 0 Å². The quantitative estimate of drug-likeness (QED) is 0.374. The van der Waals surface area contributed by atoms with E-state index in [2.05, 4.69) is 10.3 Å². The topological polar surface area (TPSA) is 102 Å². The number of hydrogen-bond acceptors (Lipinski definition) is 5. The van der Waals surface area contributed by atoms with Gasteiger partial charge in [0.15, 0.2) is 5.78 Å². The van der Waals surface area contributed by atoms with Crippen LogP contribution in [0.15, 0.2) is 60.9 Å². The summed E-state index contributed by atoms with van der Waals surface area (Å²) in [5, 5.41) is 16.4. The lowest BCUT2D eigenvalue weighted by molar-refractivity contribution is -0.148. The fourth-order valence-electron chi connectivity index (χ4n) is 2.78. The van der Waals surface area contributed by atoms with Crippen molar-refractivity contribution in [2.24, 2.45) is 0 Å². The lowest BCUT2D eigenvalue weighted by Gasteiger charge is -2.10. The molecular formula is C20H17N3O4. The molecule has 0 bridgehead atoms. The van der Waals surface area contributed by atoms with Crippen LogP contribution in [-0.2, 0) is 22.6 Å². The predicted molar refractivity (Wildman–Crippen MR) is 96.4 cm³/mol. The lowest BCUT2D eigenvalue weighted by atomic mass is 9.96. The molecule has 0 atom stereocenters. The summed E-state index contributed by atoms with van der Waals surface area (Å²) in [6.07, 6.45) is 3.22. The zero-order chi connectivity index (χ0) is 19.2. The number of nitrogens with zero attached hydrogens (tertiary/aromatic N) is 3. The zero-order valence-electron chi connectivity index (χ0n) is 14.4. The third-order valence-electron chi connectivity index (χ3n) is 4.00. The number of carbonyl (C=O) groups excluding carboxylic acids is 2. The van der Waals surface area contributed by atoms with Crippen LogP contribution in [-0.4, -0.2) is 37.6 Å². The van der Waals surface area contributed by atoms with Crippen molar-refractivity contribution in [2.75, 3.05) is 0 Å². The average Bonchev–Trinajstić information content (AvgIpc) is 3.15. The van der Waals surface area contributed by atoms with Crippen LogP contribution in [0.3, 0.4) is 0 Å². The highest BCUT2D eigenvalue weighted by molar-refractivity contribution is 6.37. The molecule has 0 spiro atoms. The fraction of sp³-hybridized carbons (Fsp3) is 0.150. The van der Waals surface area contributed by atoms with E-state index in [1.165, 1.54) is 0 Å². The molecule has 7 heteroatoms. The maximum atomic E-state index is 12.4. The molecule has 1 heterocycles. The van der Waals surface area contributed by atoms with Crippen LogP contribution in [0.2, 0.25) is 0 Å². The molecule has 3 rings (SSSR count). The van der Waals surface area contributed by atoms with Crippen LogP contribution in [0.4, 0.5) is 0 Å². The Morgan fingerprint density at radius 1 is 0.963 bits per heavy atom. The summed E-state index contributed by atoms with van der Waals surface area (Å²) >= 11 is 0. The molecule has 0 aliphatic rings. The van der Waals surface area contributed by atoms with Gasteiger partial charge in [-0.05, 0) is 35.2 Å². The van der Waals surface area contributed by atoms with E-state index in [1.54, 1.807) is 29.2 Å². The van der Waals surface area contributed by atoms with E-state index < -0.39 is 24.0 Å². The molecule has 0 radical (unpaired) electrons. The predicted octanol–water partition coefficient (Wildman–Crippen LogP) is 2.14. The molecule has 0 saturated carbocycles. The Morgan fingerprint density at radius 3 is 2.37 bits per heavy atom. The second-order valence-electron chi connectivity index (χ2n) is 6.13. The number of Topliss-reactive ketones (excluding diaryl/α,β-unsaturated/α-hetero) is 2. The minimum atomic E-state index is -1.60. The highest BCUT2D eigenvalue weighted by atomic mass is 16.4. The molecule has 2 aromatic carbocycles. The Balaban J connectivity index is 1.90. The van der Waals surface area contributed by atoms with E-state index in [0.717, 1.165) is 16.7 Å². The summed E-state index contributed by atoms with van der Waals surface area (Å²) in [4.78, 5) is 34.5. The number of hydrogen-bond donors (Lipinski definition) is 1. The molecule has 0 amide bonds. The standard InChI is InChI=1S/C20H17N3O4/c24-18(12-19(25)20(26)27)17-10-15(8-14-4-2-1-3-5-14)9-16(11-17)13-23-7-6-21-22-23/h1-7,9-11H,8,12-13H2,(H,26,27). The summed E-state index contributed by atoms with van der Waals surface area (Å²) in [7, 11) is 0. The summed E-state index contributed by atoms with van der Waals surface area (Å²) in [6.45, 7) is 0.412. The number of carboxylic acids is 1. The van der Waals surface area contributed by atoms with Crippen molar-refractivity contribution in [3.63, 3.8) is 0 Å². The van der Waals surface area contributed by atoms with Gasteiger partial charge in [-0.3, -0.25) is 9.59 Å². The van der Waals surface area contributed by atoms with Crippen LogP contribution in [0.25, 0.3) is 0 Å². The Kier molecular flexibility index (Phi) is 5.51. The Bertz CT molecular complexity index is 966. The number of aromatic nitrogens is 3. The van der Waals surface area contributed by atoms with Gasteiger partial charge < -0.3 is 5.11 Å². The average molecular weight is 363 g/mol. The first-order valence-corrected chi connectivity index (χ1v) is 8.31. The molecule has 3 aromatic rings. The van der Waals surface area contributed by atoms with E-state index in [1.807, 2.05) is 36.4 Å². The van der Waals surface area contributed by atoms with Gasteiger partial charge in [0.2, 0.25) is 5.78 Å². The lowest BCUT2D eigenvalue weighted by Crippen LogP contribution is -2.17. The molecule has 7 nitrogen and oxygen atoms in total. The first-order chi connectivity index (χ1) is 13.0. The summed E-state index contributed by atoms with van der Waals surface area (Å²) < 4.78 is 1.62. The van der Waals surface area contributed by atoms with Crippen molar-refractivity contribution in [1.29, 1.82) is 0 Å². The molecule has 1 aromatic heterocycles. The van der Waals surface area contributed by atoms with Crippen molar-refractivity contribution in [1.82, 2.24) is 15.0 Å². The number of ketones is 2. The van der Waals surface area contributed by atoms with Crippen molar-refractivity contribution in [3.05, 3.63) is 83.2 Å².